The molecule has 0 amide bonds. The molecule has 1 aromatic carbocycles. The molecule has 0 radical (unpaired) electrons. The van der Waals surface area contributed by atoms with Gasteiger partial charge in [-0.15, -0.1) is 0 Å². The molecule has 1 atom stereocenters. The average Bonchev–Trinajstić information content (AvgIpc) is 2.92. The van der Waals surface area contributed by atoms with Crippen LogP contribution >= 0.6 is 0 Å². The SMILES string of the molecule is CC1CCc2c(Cn3c(O)ccc3O)ccc3c(=O)c(C(=O)O)cn1c23. The minimum atomic E-state index is -1.23. The molecular formula is C19H18N2O5. The molecule has 2 aromatic heterocycles. The van der Waals surface area contributed by atoms with Crippen molar-refractivity contribution in [1.29, 1.82) is 0 Å². The van der Waals surface area contributed by atoms with E-state index in [0.717, 1.165) is 29.5 Å². The number of pyridine rings is 1. The minimum Gasteiger partial charge on any atom is -0.494 e. The third-order valence-corrected chi connectivity index (χ3v) is 5.18. The van der Waals surface area contributed by atoms with Crippen molar-refractivity contribution in [2.24, 2.45) is 0 Å². The number of aromatic nitrogens is 2. The molecular weight excluding hydrogens is 336 g/mol. The van der Waals surface area contributed by atoms with Crippen molar-refractivity contribution >= 4 is 16.9 Å². The summed E-state index contributed by atoms with van der Waals surface area (Å²) in [5.41, 5.74) is 1.84. The molecule has 0 bridgehead atoms. The Morgan fingerprint density at radius 3 is 2.54 bits per heavy atom. The summed E-state index contributed by atoms with van der Waals surface area (Å²) in [6.07, 6.45) is 2.97. The number of aromatic hydroxyl groups is 2. The third kappa shape index (κ3) is 2.28. The van der Waals surface area contributed by atoms with E-state index >= 15 is 0 Å². The fraction of sp³-hybridized carbons (Fsp3) is 0.263. The maximum atomic E-state index is 12.6. The number of rotatable bonds is 3. The van der Waals surface area contributed by atoms with Gasteiger partial charge >= 0.3 is 5.97 Å². The summed E-state index contributed by atoms with van der Waals surface area (Å²) in [7, 11) is 0. The van der Waals surface area contributed by atoms with Gasteiger partial charge in [0.15, 0.2) is 11.8 Å². The first kappa shape index (κ1) is 16.3. The Morgan fingerprint density at radius 1 is 1.19 bits per heavy atom. The first-order chi connectivity index (χ1) is 12.4. The quantitative estimate of drug-likeness (QED) is 0.670. The lowest BCUT2D eigenvalue weighted by atomic mass is 9.92. The number of carboxylic acids is 1. The van der Waals surface area contributed by atoms with Crippen LogP contribution in [-0.2, 0) is 13.0 Å². The molecule has 0 spiro atoms. The minimum absolute atomic E-state index is 0.0439. The Balaban J connectivity index is 1.98. The zero-order chi connectivity index (χ0) is 18.6. The molecule has 0 aliphatic carbocycles. The molecule has 0 saturated heterocycles. The largest absolute Gasteiger partial charge is 0.494 e. The second-order valence-electron chi connectivity index (χ2n) is 6.71. The van der Waals surface area contributed by atoms with Gasteiger partial charge in [-0.25, -0.2) is 4.79 Å². The van der Waals surface area contributed by atoms with Gasteiger partial charge in [0.2, 0.25) is 5.43 Å². The second kappa shape index (κ2) is 5.66. The molecule has 1 aliphatic heterocycles. The fourth-order valence-electron chi connectivity index (χ4n) is 3.76. The van der Waals surface area contributed by atoms with Crippen molar-refractivity contribution in [3.05, 3.63) is 57.4 Å². The summed E-state index contributed by atoms with van der Waals surface area (Å²) in [5, 5.41) is 29.5. The van der Waals surface area contributed by atoms with Crippen molar-refractivity contribution in [2.75, 3.05) is 0 Å². The Bertz CT molecular complexity index is 1090. The van der Waals surface area contributed by atoms with E-state index in [0.29, 0.717) is 5.39 Å². The van der Waals surface area contributed by atoms with Crippen LogP contribution in [0.25, 0.3) is 10.9 Å². The van der Waals surface area contributed by atoms with Crippen LogP contribution in [0.2, 0.25) is 0 Å². The maximum Gasteiger partial charge on any atom is 0.341 e. The molecule has 3 N–H and O–H groups in total. The van der Waals surface area contributed by atoms with Crippen LogP contribution in [0.5, 0.6) is 11.8 Å². The molecule has 3 aromatic rings. The van der Waals surface area contributed by atoms with Crippen molar-refractivity contribution in [1.82, 2.24) is 9.13 Å². The molecule has 1 aliphatic rings. The van der Waals surface area contributed by atoms with Crippen LogP contribution in [0, 0.1) is 0 Å². The van der Waals surface area contributed by atoms with Crippen molar-refractivity contribution in [3.63, 3.8) is 0 Å². The van der Waals surface area contributed by atoms with E-state index in [-0.39, 0.29) is 29.9 Å². The molecule has 0 saturated carbocycles. The normalized spacial score (nSPS) is 16.1. The monoisotopic (exact) mass is 354 g/mol. The highest BCUT2D eigenvalue weighted by molar-refractivity contribution is 5.94. The maximum absolute atomic E-state index is 12.6. The summed E-state index contributed by atoms with van der Waals surface area (Å²) < 4.78 is 3.24. The van der Waals surface area contributed by atoms with Gasteiger partial charge < -0.3 is 19.9 Å². The highest BCUT2D eigenvalue weighted by Crippen LogP contribution is 2.33. The van der Waals surface area contributed by atoms with Crippen molar-refractivity contribution in [2.45, 2.75) is 32.4 Å². The van der Waals surface area contributed by atoms with E-state index in [1.807, 2.05) is 11.5 Å². The number of hydrogen-bond donors (Lipinski definition) is 3. The summed E-state index contributed by atoms with van der Waals surface area (Å²) in [4.78, 5) is 24.0. The van der Waals surface area contributed by atoms with E-state index in [4.69, 9.17) is 0 Å². The topological polar surface area (TPSA) is 105 Å². The Kier molecular flexibility index (Phi) is 3.54. The van der Waals surface area contributed by atoms with Crippen LogP contribution in [0.3, 0.4) is 0 Å². The number of nitrogens with zero attached hydrogens (tertiary/aromatic N) is 2. The van der Waals surface area contributed by atoms with Gasteiger partial charge in [-0.05, 0) is 37.0 Å². The molecule has 26 heavy (non-hydrogen) atoms. The Hall–Kier alpha value is -3.22. The third-order valence-electron chi connectivity index (χ3n) is 5.18. The summed E-state index contributed by atoms with van der Waals surface area (Å²) in [6, 6.07) is 6.31. The Labute approximate surface area is 148 Å². The first-order valence-corrected chi connectivity index (χ1v) is 8.39. The number of aromatic carboxylic acids is 1. The van der Waals surface area contributed by atoms with E-state index in [2.05, 4.69) is 0 Å². The highest BCUT2D eigenvalue weighted by Gasteiger charge is 2.24. The lowest BCUT2D eigenvalue weighted by molar-refractivity contribution is 0.0694. The number of carboxylic acid groups (broad SMARTS) is 1. The predicted molar refractivity (Wildman–Crippen MR) is 95.1 cm³/mol. The van der Waals surface area contributed by atoms with E-state index in [1.165, 1.54) is 22.9 Å². The molecule has 134 valence electrons. The van der Waals surface area contributed by atoms with Crippen molar-refractivity contribution in [3.8, 4) is 11.8 Å². The number of benzene rings is 1. The summed E-state index contributed by atoms with van der Waals surface area (Å²) in [5.74, 6) is -1.32. The lowest BCUT2D eigenvalue weighted by Crippen LogP contribution is -2.24. The van der Waals surface area contributed by atoms with Crippen LogP contribution in [-0.4, -0.2) is 30.4 Å². The molecule has 3 heterocycles. The molecule has 0 fully saturated rings. The van der Waals surface area contributed by atoms with Crippen LogP contribution in [0.1, 0.15) is 40.9 Å². The number of hydrogen-bond acceptors (Lipinski definition) is 4. The Morgan fingerprint density at radius 2 is 1.88 bits per heavy atom. The first-order valence-electron chi connectivity index (χ1n) is 8.39. The molecule has 4 rings (SSSR count). The van der Waals surface area contributed by atoms with E-state index in [1.54, 1.807) is 12.1 Å². The van der Waals surface area contributed by atoms with E-state index in [9.17, 15) is 24.9 Å². The lowest BCUT2D eigenvalue weighted by Gasteiger charge is -2.28. The zero-order valence-corrected chi connectivity index (χ0v) is 14.1. The van der Waals surface area contributed by atoms with Crippen LogP contribution < -0.4 is 5.43 Å². The standard InChI is InChI=1S/C19H18N2O5/c1-10-2-4-12-11(8-21-15(22)6-7-16(21)23)3-5-13-17(12)20(10)9-14(18(13)24)19(25)26/h3,5-7,9-10,22-23H,2,4,8H2,1H3,(H,25,26). The van der Waals surface area contributed by atoms with Gasteiger partial charge in [0.25, 0.3) is 0 Å². The molecule has 1 unspecified atom stereocenters. The van der Waals surface area contributed by atoms with Crippen LogP contribution in [0.15, 0.2) is 35.3 Å². The summed E-state index contributed by atoms with van der Waals surface area (Å²) >= 11 is 0. The van der Waals surface area contributed by atoms with Crippen LogP contribution in [0.4, 0.5) is 0 Å². The smallest absolute Gasteiger partial charge is 0.341 e. The fourth-order valence-corrected chi connectivity index (χ4v) is 3.76. The van der Waals surface area contributed by atoms with Gasteiger partial charge in [-0.3, -0.25) is 9.36 Å². The van der Waals surface area contributed by atoms with E-state index < -0.39 is 11.4 Å². The average molecular weight is 354 g/mol. The molecule has 7 heteroatoms. The van der Waals surface area contributed by atoms with Gasteiger partial charge in [-0.2, -0.15) is 0 Å². The van der Waals surface area contributed by atoms with Gasteiger partial charge in [0.05, 0.1) is 12.1 Å². The highest BCUT2D eigenvalue weighted by atomic mass is 16.4. The molecule has 7 nitrogen and oxygen atoms in total. The van der Waals surface area contributed by atoms with Gasteiger partial charge in [0, 0.05) is 29.8 Å². The number of carbonyl (C=O) groups is 1. The number of aryl methyl sites for hydroxylation is 1. The van der Waals surface area contributed by atoms with Gasteiger partial charge in [0.1, 0.15) is 5.56 Å². The van der Waals surface area contributed by atoms with Crippen molar-refractivity contribution < 1.29 is 20.1 Å². The zero-order valence-electron chi connectivity index (χ0n) is 14.1. The predicted octanol–water partition coefficient (Wildman–Crippen LogP) is 2.47. The second-order valence-corrected chi connectivity index (χ2v) is 6.71. The van der Waals surface area contributed by atoms with Gasteiger partial charge in [-0.1, -0.05) is 6.07 Å². The summed E-state index contributed by atoms with van der Waals surface area (Å²) in [6.45, 7) is 2.26.